The number of rotatable bonds is 2. The molecule has 4 heteroatoms. The van der Waals surface area contributed by atoms with Crippen molar-refractivity contribution >= 4 is 33.2 Å². The highest BCUT2D eigenvalue weighted by Crippen LogP contribution is 2.27. The van der Waals surface area contributed by atoms with Crippen molar-refractivity contribution in [3.05, 3.63) is 27.7 Å². The Bertz CT molecular complexity index is 314. The maximum atomic E-state index is 5.87. The van der Waals surface area contributed by atoms with Gasteiger partial charge >= 0.3 is 0 Å². The molecular weight excluding hydrogens is 253 g/mol. The van der Waals surface area contributed by atoms with Crippen LogP contribution < -0.4 is 5.32 Å². The molecule has 0 atom stereocenters. The highest BCUT2D eigenvalue weighted by molar-refractivity contribution is 9.10. The predicted molar refractivity (Wildman–Crippen MR) is 57.4 cm³/mol. The second kappa shape index (κ2) is 3.86. The van der Waals surface area contributed by atoms with Crippen molar-refractivity contribution in [1.82, 2.24) is 0 Å². The van der Waals surface area contributed by atoms with Gasteiger partial charge in [0.2, 0.25) is 0 Å². The average molecular weight is 263 g/mol. The van der Waals surface area contributed by atoms with E-state index in [1.807, 2.05) is 18.2 Å². The van der Waals surface area contributed by atoms with Gasteiger partial charge in [-0.2, -0.15) is 0 Å². The Hall–Kier alpha value is -0.250. The summed E-state index contributed by atoms with van der Waals surface area (Å²) in [6.45, 7) is 1.55. The largest absolute Gasteiger partial charge is 0.377 e. The van der Waals surface area contributed by atoms with Gasteiger partial charge in [0.1, 0.15) is 0 Å². The summed E-state index contributed by atoms with van der Waals surface area (Å²) in [5.41, 5.74) is 1.03. The van der Waals surface area contributed by atoms with Crippen LogP contribution in [0.15, 0.2) is 22.7 Å². The van der Waals surface area contributed by atoms with Crippen LogP contribution in [-0.4, -0.2) is 19.3 Å². The highest BCUT2D eigenvalue weighted by atomic mass is 79.9. The molecule has 1 N–H and O–H groups in total. The highest BCUT2D eigenvalue weighted by Gasteiger charge is 2.18. The quantitative estimate of drug-likeness (QED) is 0.885. The van der Waals surface area contributed by atoms with Crippen LogP contribution >= 0.6 is 27.5 Å². The number of ether oxygens (including phenoxy) is 1. The molecule has 1 aliphatic heterocycles. The summed E-state index contributed by atoms with van der Waals surface area (Å²) in [7, 11) is 0. The normalized spacial score (nSPS) is 16.8. The molecule has 1 saturated heterocycles. The van der Waals surface area contributed by atoms with Gasteiger partial charge in [-0.05, 0) is 34.1 Å². The molecule has 0 radical (unpaired) electrons. The molecule has 1 fully saturated rings. The van der Waals surface area contributed by atoms with E-state index in [-0.39, 0.29) is 0 Å². The second-order valence-electron chi connectivity index (χ2n) is 3.00. The first kappa shape index (κ1) is 9.31. The lowest BCUT2D eigenvalue weighted by Crippen LogP contribution is -2.40. The SMILES string of the molecule is Clc1ccc(Br)c(NC2COC2)c1. The van der Waals surface area contributed by atoms with E-state index in [2.05, 4.69) is 21.2 Å². The summed E-state index contributed by atoms with van der Waals surface area (Å²) >= 11 is 9.32. The molecule has 0 bridgehead atoms. The van der Waals surface area contributed by atoms with Gasteiger partial charge in [-0.25, -0.2) is 0 Å². The van der Waals surface area contributed by atoms with Crippen LogP contribution in [-0.2, 0) is 4.74 Å². The van der Waals surface area contributed by atoms with Crippen LogP contribution in [0.5, 0.6) is 0 Å². The van der Waals surface area contributed by atoms with Crippen molar-refractivity contribution < 1.29 is 4.74 Å². The minimum atomic E-state index is 0.426. The molecule has 0 aromatic heterocycles. The van der Waals surface area contributed by atoms with Gasteiger partial charge in [0.15, 0.2) is 0 Å². The lowest BCUT2D eigenvalue weighted by Gasteiger charge is -2.28. The number of hydrogen-bond acceptors (Lipinski definition) is 2. The van der Waals surface area contributed by atoms with Crippen LogP contribution in [0.25, 0.3) is 0 Å². The first-order chi connectivity index (χ1) is 6.25. The number of benzene rings is 1. The Morgan fingerprint density at radius 2 is 2.23 bits per heavy atom. The van der Waals surface area contributed by atoms with E-state index >= 15 is 0 Å². The van der Waals surface area contributed by atoms with Crippen molar-refractivity contribution in [2.24, 2.45) is 0 Å². The van der Waals surface area contributed by atoms with Gasteiger partial charge in [-0.15, -0.1) is 0 Å². The van der Waals surface area contributed by atoms with Crippen molar-refractivity contribution in [2.45, 2.75) is 6.04 Å². The topological polar surface area (TPSA) is 21.3 Å². The Morgan fingerprint density at radius 3 is 2.85 bits per heavy atom. The summed E-state index contributed by atoms with van der Waals surface area (Å²) < 4.78 is 6.10. The number of nitrogens with one attached hydrogen (secondary N) is 1. The minimum Gasteiger partial charge on any atom is -0.377 e. The molecule has 13 heavy (non-hydrogen) atoms. The Morgan fingerprint density at radius 1 is 1.46 bits per heavy atom. The molecule has 2 nitrogen and oxygen atoms in total. The summed E-state index contributed by atoms with van der Waals surface area (Å²) in [6.07, 6.45) is 0. The van der Waals surface area contributed by atoms with Crippen molar-refractivity contribution in [3.8, 4) is 0 Å². The standard InChI is InChI=1S/C9H9BrClNO/c10-8-2-1-6(11)3-9(8)12-7-4-13-5-7/h1-3,7,12H,4-5H2. The zero-order valence-corrected chi connectivity index (χ0v) is 9.23. The maximum Gasteiger partial charge on any atom is 0.0729 e. The van der Waals surface area contributed by atoms with E-state index in [9.17, 15) is 0 Å². The summed E-state index contributed by atoms with van der Waals surface area (Å²) in [5, 5.41) is 4.07. The molecule has 0 spiro atoms. The average Bonchev–Trinajstić information content (AvgIpc) is 2.03. The molecule has 1 heterocycles. The van der Waals surface area contributed by atoms with Crippen LogP contribution in [0.1, 0.15) is 0 Å². The monoisotopic (exact) mass is 261 g/mol. The van der Waals surface area contributed by atoms with Gasteiger partial charge in [-0.3, -0.25) is 0 Å². The number of halogens is 2. The molecule has 2 rings (SSSR count). The van der Waals surface area contributed by atoms with Crippen LogP contribution in [0, 0.1) is 0 Å². The molecular formula is C9H9BrClNO. The molecule has 1 aromatic rings. The molecule has 0 amide bonds. The lowest BCUT2D eigenvalue weighted by molar-refractivity contribution is 0.0211. The maximum absolute atomic E-state index is 5.87. The molecule has 0 aliphatic carbocycles. The van der Waals surface area contributed by atoms with Crippen molar-refractivity contribution in [1.29, 1.82) is 0 Å². The van der Waals surface area contributed by atoms with E-state index in [0.29, 0.717) is 6.04 Å². The zero-order valence-electron chi connectivity index (χ0n) is 6.89. The molecule has 70 valence electrons. The van der Waals surface area contributed by atoms with Crippen molar-refractivity contribution in [3.63, 3.8) is 0 Å². The van der Waals surface area contributed by atoms with Gasteiger partial charge in [0, 0.05) is 9.50 Å². The van der Waals surface area contributed by atoms with E-state index in [0.717, 1.165) is 28.4 Å². The lowest BCUT2D eigenvalue weighted by atomic mass is 10.2. The number of anilines is 1. The summed E-state index contributed by atoms with van der Waals surface area (Å²) in [5.74, 6) is 0. The number of hydrogen-bond donors (Lipinski definition) is 1. The molecule has 0 unspecified atom stereocenters. The molecule has 1 aromatic carbocycles. The fraction of sp³-hybridized carbons (Fsp3) is 0.333. The van der Waals surface area contributed by atoms with Gasteiger partial charge in [-0.1, -0.05) is 11.6 Å². The Labute approximate surface area is 90.4 Å². The van der Waals surface area contributed by atoms with Gasteiger partial charge in [0.25, 0.3) is 0 Å². The third kappa shape index (κ3) is 2.16. The van der Waals surface area contributed by atoms with Gasteiger partial charge < -0.3 is 10.1 Å². The first-order valence-electron chi connectivity index (χ1n) is 4.05. The zero-order chi connectivity index (χ0) is 9.26. The van der Waals surface area contributed by atoms with Gasteiger partial charge in [0.05, 0.1) is 24.9 Å². The first-order valence-corrected chi connectivity index (χ1v) is 5.22. The Kier molecular flexibility index (Phi) is 2.77. The van der Waals surface area contributed by atoms with E-state index in [1.54, 1.807) is 0 Å². The fourth-order valence-corrected chi connectivity index (χ4v) is 1.68. The summed E-state index contributed by atoms with van der Waals surface area (Å²) in [4.78, 5) is 0. The van der Waals surface area contributed by atoms with Crippen LogP contribution in [0.4, 0.5) is 5.69 Å². The third-order valence-corrected chi connectivity index (χ3v) is 2.85. The molecule has 0 saturated carbocycles. The van der Waals surface area contributed by atoms with Crippen LogP contribution in [0.3, 0.4) is 0 Å². The molecule has 1 aliphatic rings. The van der Waals surface area contributed by atoms with Crippen molar-refractivity contribution in [2.75, 3.05) is 18.5 Å². The predicted octanol–water partition coefficient (Wildman–Crippen LogP) is 2.91. The Balaban J connectivity index is 2.13. The van der Waals surface area contributed by atoms with Crippen LogP contribution in [0.2, 0.25) is 5.02 Å². The third-order valence-electron chi connectivity index (χ3n) is 1.93. The fourth-order valence-electron chi connectivity index (χ4n) is 1.15. The minimum absolute atomic E-state index is 0.426. The van der Waals surface area contributed by atoms with E-state index in [1.165, 1.54) is 0 Å². The van der Waals surface area contributed by atoms with E-state index in [4.69, 9.17) is 16.3 Å². The second-order valence-corrected chi connectivity index (χ2v) is 4.29. The smallest absolute Gasteiger partial charge is 0.0729 e. The summed E-state index contributed by atoms with van der Waals surface area (Å²) in [6, 6.07) is 6.12. The van der Waals surface area contributed by atoms with E-state index < -0.39 is 0 Å².